The topological polar surface area (TPSA) is 98.0 Å². The zero-order valence-electron chi connectivity index (χ0n) is 28.9. The second-order valence-corrected chi connectivity index (χ2v) is 14.1. The maximum absolute atomic E-state index is 13.0. The number of carbonyl (C=O) groups excluding carboxylic acids is 1. The normalized spacial score (nSPS) is 27.0. The second-order valence-electron chi connectivity index (χ2n) is 14.1. The Hall–Kier alpha value is -3.09. The van der Waals surface area contributed by atoms with Gasteiger partial charge in [-0.2, -0.15) is 0 Å². The fraction of sp³-hybridized carbons (Fsp3) is 0.475. The first-order valence-electron chi connectivity index (χ1n) is 16.0. The van der Waals surface area contributed by atoms with Crippen LogP contribution in [0.5, 0.6) is 0 Å². The summed E-state index contributed by atoms with van der Waals surface area (Å²) in [5, 5.41) is 41.3. The molecular weight excluding hydrogens is 560 g/mol. The number of ketones is 1. The van der Waals surface area contributed by atoms with Gasteiger partial charge in [0.05, 0.1) is 18.8 Å². The Kier molecular flexibility index (Phi) is 13.9. The van der Waals surface area contributed by atoms with Gasteiger partial charge in [-0.25, -0.2) is 0 Å². The second kappa shape index (κ2) is 16.5. The van der Waals surface area contributed by atoms with Crippen molar-refractivity contribution in [1.29, 1.82) is 0 Å². The molecule has 0 saturated carbocycles. The van der Waals surface area contributed by atoms with E-state index in [0.29, 0.717) is 24.8 Å². The van der Waals surface area contributed by atoms with Crippen molar-refractivity contribution < 1.29 is 25.2 Å². The largest absolute Gasteiger partial charge is 0.393 e. The van der Waals surface area contributed by atoms with Crippen LogP contribution in [0.3, 0.4) is 0 Å². The smallest absolute Gasteiger partial charge is 0.165 e. The number of allylic oxidation sites excluding steroid dienone is 15. The van der Waals surface area contributed by atoms with E-state index in [1.165, 1.54) is 0 Å². The average molecular weight is 617 g/mol. The summed E-state index contributed by atoms with van der Waals surface area (Å²) < 4.78 is 0. The van der Waals surface area contributed by atoms with Crippen LogP contribution in [0.2, 0.25) is 0 Å². The number of aliphatic hydroxyl groups is 4. The Labute approximate surface area is 271 Å². The van der Waals surface area contributed by atoms with Crippen LogP contribution in [0.25, 0.3) is 0 Å². The minimum Gasteiger partial charge on any atom is -0.393 e. The van der Waals surface area contributed by atoms with E-state index in [0.717, 1.165) is 33.4 Å². The van der Waals surface area contributed by atoms with Crippen LogP contribution < -0.4 is 0 Å². The molecule has 0 aliphatic heterocycles. The monoisotopic (exact) mass is 616 g/mol. The molecule has 2 aliphatic carbocycles. The van der Waals surface area contributed by atoms with Crippen LogP contribution in [0.15, 0.2) is 118 Å². The van der Waals surface area contributed by atoms with Crippen LogP contribution in [-0.2, 0) is 4.79 Å². The molecule has 5 heteroatoms. The van der Waals surface area contributed by atoms with Crippen LogP contribution in [-0.4, -0.2) is 50.6 Å². The molecule has 0 spiro atoms. The van der Waals surface area contributed by atoms with Gasteiger partial charge in [0.1, 0.15) is 5.60 Å². The maximum atomic E-state index is 13.0. The molecule has 45 heavy (non-hydrogen) atoms. The maximum Gasteiger partial charge on any atom is 0.165 e. The highest BCUT2D eigenvalue weighted by molar-refractivity contribution is 5.97. The summed E-state index contributed by atoms with van der Waals surface area (Å²) >= 11 is 0. The van der Waals surface area contributed by atoms with Gasteiger partial charge < -0.3 is 20.4 Å². The van der Waals surface area contributed by atoms with E-state index in [9.17, 15) is 25.2 Å². The summed E-state index contributed by atoms with van der Waals surface area (Å²) in [5.74, 6) is -0.0873. The molecule has 0 amide bonds. The van der Waals surface area contributed by atoms with Gasteiger partial charge in [-0.15, -0.1) is 0 Å². The third kappa shape index (κ3) is 11.0. The van der Waals surface area contributed by atoms with Crippen molar-refractivity contribution in [1.82, 2.24) is 0 Å². The van der Waals surface area contributed by atoms with Crippen molar-refractivity contribution in [2.24, 2.45) is 10.8 Å². The highest BCUT2D eigenvalue weighted by atomic mass is 16.3. The summed E-state index contributed by atoms with van der Waals surface area (Å²) in [4.78, 5) is 13.0. The summed E-state index contributed by atoms with van der Waals surface area (Å²) in [6, 6.07) is 0. The zero-order chi connectivity index (χ0) is 34.0. The molecule has 0 fully saturated rings. The van der Waals surface area contributed by atoms with Gasteiger partial charge in [0.15, 0.2) is 5.78 Å². The van der Waals surface area contributed by atoms with Gasteiger partial charge in [0.2, 0.25) is 0 Å². The SMILES string of the molecule is CC(C=CC=C(C)C=CC1(O)C(C)=CC(O)CC1(C)C)=CC=CC=C(C)C=CC=C(CO)C(=O)CC1=C(C)CC(O)CC1(C)C. The lowest BCUT2D eigenvalue weighted by Gasteiger charge is -2.46. The molecule has 0 aromatic carbocycles. The third-order valence-corrected chi connectivity index (χ3v) is 9.07. The fourth-order valence-electron chi connectivity index (χ4n) is 6.28. The van der Waals surface area contributed by atoms with Crippen molar-refractivity contribution in [3.8, 4) is 0 Å². The first kappa shape index (κ1) is 38.1. The predicted octanol–water partition coefficient (Wildman–Crippen LogP) is 7.89. The van der Waals surface area contributed by atoms with Gasteiger partial charge in [-0.05, 0) is 70.9 Å². The zero-order valence-corrected chi connectivity index (χ0v) is 28.9. The standard InChI is InChI=1S/C40H56O5/c1-28(16-12-17-30(3)20-21-40(45)32(5)23-35(43)26-39(40,8)9)14-10-11-15-29(2)18-13-19-33(27-41)37(44)24-36-31(4)22-34(42)25-38(36,6)7/h10-21,23,34-35,41-43,45H,22,24-27H2,1-9H3. The average Bonchev–Trinajstić information content (AvgIpc) is 2.92. The Morgan fingerprint density at radius 3 is 1.91 bits per heavy atom. The minimum absolute atomic E-state index is 0.0873. The molecular formula is C40H56O5. The predicted molar refractivity (Wildman–Crippen MR) is 187 cm³/mol. The molecule has 3 atom stereocenters. The lowest BCUT2D eigenvalue weighted by Crippen LogP contribution is -2.48. The van der Waals surface area contributed by atoms with Crippen molar-refractivity contribution in [2.75, 3.05) is 6.61 Å². The molecule has 0 heterocycles. The Morgan fingerprint density at radius 1 is 0.844 bits per heavy atom. The van der Waals surface area contributed by atoms with Crippen molar-refractivity contribution in [2.45, 2.75) is 106 Å². The fourth-order valence-corrected chi connectivity index (χ4v) is 6.28. The lowest BCUT2D eigenvalue weighted by atomic mass is 9.64. The van der Waals surface area contributed by atoms with E-state index >= 15 is 0 Å². The van der Waals surface area contributed by atoms with Crippen LogP contribution in [0.4, 0.5) is 0 Å². The lowest BCUT2D eigenvalue weighted by molar-refractivity contribution is -0.115. The van der Waals surface area contributed by atoms with Gasteiger partial charge in [0.25, 0.3) is 0 Å². The van der Waals surface area contributed by atoms with E-state index in [1.807, 2.05) is 109 Å². The van der Waals surface area contributed by atoms with E-state index in [-0.39, 0.29) is 30.3 Å². The summed E-state index contributed by atoms with van der Waals surface area (Å²) in [6.45, 7) is 17.6. The molecule has 0 aromatic heterocycles. The number of hydrogen-bond acceptors (Lipinski definition) is 5. The number of carbonyl (C=O) groups is 1. The number of aliphatic hydroxyl groups excluding tert-OH is 3. The molecule has 2 rings (SSSR count). The first-order chi connectivity index (χ1) is 20.9. The third-order valence-electron chi connectivity index (χ3n) is 9.07. The number of hydrogen-bond donors (Lipinski definition) is 4. The van der Waals surface area contributed by atoms with Crippen LogP contribution >= 0.6 is 0 Å². The molecule has 5 nitrogen and oxygen atoms in total. The van der Waals surface area contributed by atoms with Gasteiger partial charge in [0, 0.05) is 17.4 Å². The molecule has 4 N–H and O–H groups in total. The van der Waals surface area contributed by atoms with E-state index in [4.69, 9.17) is 0 Å². The van der Waals surface area contributed by atoms with E-state index in [2.05, 4.69) is 13.8 Å². The molecule has 0 bridgehead atoms. The van der Waals surface area contributed by atoms with Gasteiger partial charge in [-0.3, -0.25) is 4.79 Å². The Morgan fingerprint density at radius 2 is 1.38 bits per heavy atom. The summed E-state index contributed by atoms with van der Waals surface area (Å²) in [5.41, 5.74) is 4.55. The van der Waals surface area contributed by atoms with E-state index in [1.54, 1.807) is 18.2 Å². The highest BCUT2D eigenvalue weighted by Gasteiger charge is 2.46. The van der Waals surface area contributed by atoms with Gasteiger partial charge >= 0.3 is 0 Å². The van der Waals surface area contributed by atoms with Crippen LogP contribution in [0.1, 0.15) is 88.0 Å². The molecule has 0 radical (unpaired) electrons. The first-order valence-corrected chi connectivity index (χ1v) is 16.0. The Bertz CT molecular complexity index is 1380. The molecule has 0 aromatic rings. The van der Waals surface area contributed by atoms with Crippen molar-refractivity contribution >= 4 is 5.78 Å². The van der Waals surface area contributed by atoms with Gasteiger partial charge in [-0.1, -0.05) is 128 Å². The van der Waals surface area contributed by atoms with Crippen LogP contribution in [0, 0.1) is 10.8 Å². The van der Waals surface area contributed by atoms with Crippen molar-refractivity contribution in [3.05, 3.63) is 118 Å². The van der Waals surface area contributed by atoms with E-state index < -0.39 is 17.1 Å². The molecule has 2 aliphatic rings. The Balaban J connectivity index is 1.97. The summed E-state index contributed by atoms with van der Waals surface area (Å²) in [6.07, 6.45) is 25.9. The van der Waals surface area contributed by atoms with Crippen molar-refractivity contribution in [3.63, 3.8) is 0 Å². The molecule has 0 saturated heterocycles. The summed E-state index contributed by atoms with van der Waals surface area (Å²) in [7, 11) is 0. The highest BCUT2D eigenvalue weighted by Crippen LogP contribution is 2.45. The quantitative estimate of drug-likeness (QED) is 0.102. The molecule has 3 unspecified atom stereocenters. The number of rotatable bonds is 12. The molecule has 246 valence electrons. The number of Topliss-reactive ketones (excluding diaryl/α,β-unsaturated/α-hetero) is 1. The minimum atomic E-state index is -1.10.